The van der Waals surface area contributed by atoms with Crippen LogP contribution in [-0.2, 0) is 11.3 Å². The number of amides is 2. The van der Waals surface area contributed by atoms with Gasteiger partial charge in [-0.15, -0.1) is 11.3 Å². The maximum Gasteiger partial charge on any atom is 0.326 e. The first-order chi connectivity index (χ1) is 8.93. The lowest BCUT2D eigenvalue weighted by atomic mass is 9.99. The number of aryl methyl sites for hydroxylation is 1. The SMILES string of the molecule is CCC(C)[C@H](NC(=O)NCc1ccc(C)s1)C(=O)O. The minimum Gasteiger partial charge on any atom is -0.480 e. The molecule has 19 heavy (non-hydrogen) atoms. The zero-order chi connectivity index (χ0) is 14.4. The second kappa shape index (κ2) is 7.13. The van der Waals surface area contributed by atoms with Crippen molar-refractivity contribution in [3.63, 3.8) is 0 Å². The molecule has 2 atom stereocenters. The van der Waals surface area contributed by atoms with E-state index in [1.165, 1.54) is 4.88 Å². The molecule has 0 fully saturated rings. The summed E-state index contributed by atoms with van der Waals surface area (Å²) < 4.78 is 0. The van der Waals surface area contributed by atoms with Gasteiger partial charge in [-0.25, -0.2) is 9.59 Å². The summed E-state index contributed by atoms with van der Waals surface area (Å²) in [5.41, 5.74) is 0. The topological polar surface area (TPSA) is 78.4 Å². The number of carbonyl (C=O) groups is 2. The quantitative estimate of drug-likeness (QED) is 0.750. The second-order valence-corrected chi connectivity index (χ2v) is 5.91. The molecule has 0 saturated heterocycles. The fourth-order valence-corrected chi connectivity index (χ4v) is 2.45. The lowest BCUT2D eigenvalue weighted by molar-refractivity contribution is -0.140. The molecule has 0 bridgehead atoms. The molecular weight excluding hydrogens is 264 g/mol. The predicted octanol–water partition coefficient (Wildman–Crippen LogP) is 2.36. The smallest absolute Gasteiger partial charge is 0.326 e. The van der Waals surface area contributed by atoms with Gasteiger partial charge in [-0.05, 0) is 25.0 Å². The van der Waals surface area contributed by atoms with Gasteiger partial charge in [0.25, 0.3) is 0 Å². The molecular formula is C13H20N2O3S. The van der Waals surface area contributed by atoms with Gasteiger partial charge in [-0.2, -0.15) is 0 Å². The minimum atomic E-state index is -1.00. The maximum absolute atomic E-state index is 11.7. The number of nitrogens with one attached hydrogen (secondary N) is 2. The van der Waals surface area contributed by atoms with Crippen LogP contribution in [-0.4, -0.2) is 23.1 Å². The molecule has 1 unspecified atom stereocenters. The molecule has 5 nitrogen and oxygen atoms in total. The molecule has 0 aliphatic rings. The number of carboxylic acids is 1. The van der Waals surface area contributed by atoms with Crippen LogP contribution in [0.5, 0.6) is 0 Å². The Morgan fingerprint density at radius 3 is 2.58 bits per heavy atom. The van der Waals surface area contributed by atoms with Crippen molar-refractivity contribution in [2.45, 2.75) is 39.8 Å². The second-order valence-electron chi connectivity index (χ2n) is 4.54. The number of aliphatic carboxylic acids is 1. The molecule has 3 N–H and O–H groups in total. The third-order valence-electron chi connectivity index (χ3n) is 2.98. The van der Waals surface area contributed by atoms with Gasteiger partial charge in [0.2, 0.25) is 0 Å². The fourth-order valence-electron chi connectivity index (χ4n) is 1.62. The first-order valence-corrected chi connectivity index (χ1v) is 7.08. The van der Waals surface area contributed by atoms with Crippen LogP contribution >= 0.6 is 11.3 Å². The van der Waals surface area contributed by atoms with Gasteiger partial charge in [0.15, 0.2) is 0 Å². The van der Waals surface area contributed by atoms with E-state index in [9.17, 15) is 9.59 Å². The van der Waals surface area contributed by atoms with Gasteiger partial charge in [-0.3, -0.25) is 0 Å². The average molecular weight is 284 g/mol. The van der Waals surface area contributed by atoms with Crippen LogP contribution < -0.4 is 10.6 Å². The Labute approximate surface area is 117 Å². The first kappa shape index (κ1) is 15.5. The summed E-state index contributed by atoms with van der Waals surface area (Å²) in [6, 6.07) is 2.64. The van der Waals surface area contributed by atoms with E-state index in [-0.39, 0.29) is 5.92 Å². The Morgan fingerprint density at radius 1 is 1.42 bits per heavy atom. The molecule has 2 amide bonds. The van der Waals surface area contributed by atoms with E-state index in [1.54, 1.807) is 11.3 Å². The molecule has 0 spiro atoms. The van der Waals surface area contributed by atoms with Crippen LogP contribution in [0.2, 0.25) is 0 Å². The van der Waals surface area contributed by atoms with E-state index in [1.807, 2.05) is 32.9 Å². The van der Waals surface area contributed by atoms with Crippen LogP contribution in [0, 0.1) is 12.8 Å². The van der Waals surface area contributed by atoms with Crippen molar-refractivity contribution < 1.29 is 14.7 Å². The molecule has 0 saturated carbocycles. The highest BCUT2D eigenvalue weighted by molar-refractivity contribution is 7.11. The van der Waals surface area contributed by atoms with Gasteiger partial charge in [0, 0.05) is 9.75 Å². The van der Waals surface area contributed by atoms with E-state index in [2.05, 4.69) is 10.6 Å². The third kappa shape index (κ3) is 4.90. The summed E-state index contributed by atoms with van der Waals surface area (Å²) in [4.78, 5) is 25.0. The molecule has 0 aliphatic carbocycles. The lowest BCUT2D eigenvalue weighted by Crippen LogP contribution is -2.48. The normalized spacial score (nSPS) is 13.6. The predicted molar refractivity (Wildman–Crippen MR) is 75.3 cm³/mol. The summed E-state index contributed by atoms with van der Waals surface area (Å²) in [5.74, 6) is -1.11. The van der Waals surface area contributed by atoms with Crippen molar-refractivity contribution in [1.82, 2.24) is 10.6 Å². The Hall–Kier alpha value is -1.56. The summed E-state index contributed by atoms with van der Waals surface area (Å²) in [5, 5.41) is 14.2. The number of hydrogen-bond donors (Lipinski definition) is 3. The van der Waals surface area contributed by atoms with Gasteiger partial charge in [0.1, 0.15) is 6.04 Å². The number of carboxylic acid groups (broad SMARTS) is 1. The van der Waals surface area contributed by atoms with Crippen molar-refractivity contribution in [1.29, 1.82) is 0 Å². The molecule has 1 heterocycles. The molecule has 1 aromatic heterocycles. The van der Waals surface area contributed by atoms with Crippen LogP contribution in [0.4, 0.5) is 4.79 Å². The molecule has 1 aromatic rings. The summed E-state index contributed by atoms with van der Waals surface area (Å²) in [7, 11) is 0. The molecule has 6 heteroatoms. The minimum absolute atomic E-state index is 0.104. The monoisotopic (exact) mass is 284 g/mol. The van der Waals surface area contributed by atoms with Gasteiger partial charge in [0.05, 0.1) is 6.54 Å². The van der Waals surface area contributed by atoms with Crippen molar-refractivity contribution in [2.75, 3.05) is 0 Å². The molecule has 0 aromatic carbocycles. The molecule has 0 aliphatic heterocycles. The highest BCUT2D eigenvalue weighted by Crippen LogP contribution is 2.14. The van der Waals surface area contributed by atoms with E-state index in [4.69, 9.17) is 5.11 Å². The van der Waals surface area contributed by atoms with Gasteiger partial charge in [-0.1, -0.05) is 20.3 Å². The van der Waals surface area contributed by atoms with E-state index in [0.717, 1.165) is 4.88 Å². The Kier molecular flexibility index (Phi) is 5.82. The Balaban J connectivity index is 2.46. The lowest BCUT2D eigenvalue weighted by Gasteiger charge is -2.20. The number of carbonyl (C=O) groups excluding carboxylic acids is 1. The summed E-state index contributed by atoms with van der Waals surface area (Å²) in [6.07, 6.45) is 0.696. The molecule has 106 valence electrons. The van der Waals surface area contributed by atoms with Gasteiger partial charge < -0.3 is 15.7 Å². The Bertz CT molecular complexity index is 445. The zero-order valence-electron chi connectivity index (χ0n) is 11.4. The van der Waals surface area contributed by atoms with Crippen molar-refractivity contribution in [2.24, 2.45) is 5.92 Å². The van der Waals surface area contributed by atoms with Crippen molar-refractivity contribution in [3.05, 3.63) is 21.9 Å². The van der Waals surface area contributed by atoms with E-state index < -0.39 is 18.0 Å². The average Bonchev–Trinajstić information content (AvgIpc) is 2.78. The van der Waals surface area contributed by atoms with Crippen LogP contribution in [0.3, 0.4) is 0 Å². The van der Waals surface area contributed by atoms with Gasteiger partial charge >= 0.3 is 12.0 Å². The van der Waals surface area contributed by atoms with E-state index in [0.29, 0.717) is 13.0 Å². The third-order valence-corrected chi connectivity index (χ3v) is 3.99. The first-order valence-electron chi connectivity index (χ1n) is 6.26. The van der Waals surface area contributed by atoms with Crippen LogP contribution in [0.15, 0.2) is 12.1 Å². The zero-order valence-corrected chi connectivity index (χ0v) is 12.2. The standard InChI is InChI=1S/C13H20N2O3S/c1-4-8(2)11(12(16)17)15-13(18)14-7-10-6-5-9(3)19-10/h5-6,8,11H,4,7H2,1-3H3,(H,16,17)(H2,14,15,18)/t8?,11-/m0/s1. The Morgan fingerprint density at radius 2 is 2.11 bits per heavy atom. The largest absolute Gasteiger partial charge is 0.480 e. The highest BCUT2D eigenvalue weighted by atomic mass is 32.1. The maximum atomic E-state index is 11.7. The summed E-state index contributed by atoms with van der Waals surface area (Å²) >= 11 is 1.61. The fraction of sp³-hybridized carbons (Fsp3) is 0.538. The number of hydrogen-bond acceptors (Lipinski definition) is 3. The highest BCUT2D eigenvalue weighted by Gasteiger charge is 2.25. The van der Waals surface area contributed by atoms with Crippen LogP contribution in [0.1, 0.15) is 30.0 Å². The molecule has 0 radical (unpaired) electrons. The molecule has 1 rings (SSSR count). The summed E-state index contributed by atoms with van der Waals surface area (Å²) in [6.45, 7) is 6.12. The van der Waals surface area contributed by atoms with Crippen molar-refractivity contribution in [3.8, 4) is 0 Å². The number of urea groups is 1. The number of rotatable bonds is 6. The van der Waals surface area contributed by atoms with E-state index >= 15 is 0 Å². The van der Waals surface area contributed by atoms with Crippen LogP contribution in [0.25, 0.3) is 0 Å². The number of thiophene rings is 1. The van der Waals surface area contributed by atoms with Crippen molar-refractivity contribution >= 4 is 23.3 Å².